The average Bonchev–Trinajstić information content (AvgIpc) is 3.18. The fraction of sp³-hybridized carbons (Fsp3) is 0.333. The molecule has 3 rings (SSSR count). The second-order valence-electron chi connectivity index (χ2n) is 7.32. The highest BCUT2D eigenvalue weighted by atomic mass is 16.5. The minimum atomic E-state index is -0.714. The van der Waals surface area contributed by atoms with E-state index in [0.29, 0.717) is 13.0 Å². The molecule has 0 unspecified atom stereocenters. The van der Waals surface area contributed by atoms with Gasteiger partial charge < -0.3 is 20.4 Å². The van der Waals surface area contributed by atoms with E-state index in [1.165, 1.54) is 0 Å². The molecular weight excluding hydrogens is 378 g/mol. The summed E-state index contributed by atoms with van der Waals surface area (Å²) >= 11 is 0. The number of ether oxygens (including phenoxy) is 1. The Labute approximate surface area is 177 Å². The van der Waals surface area contributed by atoms with E-state index >= 15 is 0 Å². The first-order valence-corrected chi connectivity index (χ1v) is 10.5. The molecule has 0 bridgehead atoms. The van der Waals surface area contributed by atoms with Crippen molar-refractivity contribution < 1.29 is 14.3 Å². The van der Waals surface area contributed by atoms with Gasteiger partial charge in [0.25, 0.3) is 0 Å². The van der Waals surface area contributed by atoms with Gasteiger partial charge in [-0.15, -0.1) is 0 Å². The van der Waals surface area contributed by atoms with Crippen LogP contribution in [0.15, 0.2) is 60.8 Å². The van der Waals surface area contributed by atoms with Crippen molar-refractivity contribution in [1.82, 2.24) is 15.6 Å². The first kappa shape index (κ1) is 21.4. The minimum absolute atomic E-state index is 0.157. The maximum atomic E-state index is 12.8. The summed E-state index contributed by atoms with van der Waals surface area (Å²) < 4.78 is 5.32. The maximum absolute atomic E-state index is 12.8. The number of H-pyrrole nitrogens is 1. The number of unbranched alkanes of at least 4 members (excludes halogenated alkanes) is 2. The summed E-state index contributed by atoms with van der Waals surface area (Å²) in [7, 11) is 0. The van der Waals surface area contributed by atoms with Crippen molar-refractivity contribution in [2.24, 2.45) is 0 Å². The molecule has 1 atom stereocenters. The summed E-state index contributed by atoms with van der Waals surface area (Å²) in [5.41, 5.74) is 2.87. The van der Waals surface area contributed by atoms with Crippen LogP contribution in [0.2, 0.25) is 0 Å². The monoisotopic (exact) mass is 407 g/mol. The van der Waals surface area contributed by atoms with E-state index in [0.717, 1.165) is 41.3 Å². The van der Waals surface area contributed by atoms with Crippen LogP contribution < -0.4 is 10.6 Å². The third kappa shape index (κ3) is 6.11. The summed E-state index contributed by atoms with van der Waals surface area (Å²) in [5.74, 6) is -0.201. The van der Waals surface area contributed by atoms with Crippen LogP contribution in [0, 0.1) is 0 Å². The number of amides is 2. The Morgan fingerprint density at radius 3 is 2.60 bits per heavy atom. The SMILES string of the molecule is CCCCCNC(=O)[C@H](Cc1c[nH]c2ccccc12)NC(=O)OCc1ccccc1. The highest BCUT2D eigenvalue weighted by Crippen LogP contribution is 2.19. The van der Waals surface area contributed by atoms with Crippen molar-refractivity contribution in [3.63, 3.8) is 0 Å². The Bertz CT molecular complexity index is 952. The average molecular weight is 408 g/mol. The van der Waals surface area contributed by atoms with Gasteiger partial charge in [0.15, 0.2) is 0 Å². The lowest BCUT2D eigenvalue weighted by Crippen LogP contribution is -2.48. The first-order chi connectivity index (χ1) is 14.7. The van der Waals surface area contributed by atoms with E-state index in [4.69, 9.17) is 4.74 Å². The fourth-order valence-corrected chi connectivity index (χ4v) is 3.35. The molecule has 3 N–H and O–H groups in total. The largest absolute Gasteiger partial charge is 0.445 e. The van der Waals surface area contributed by atoms with E-state index in [9.17, 15) is 9.59 Å². The van der Waals surface area contributed by atoms with E-state index in [2.05, 4.69) is 22.5 Å². The van der Waals surface area contributed by atoms with Crippen LogP contribution in [-0.2, 0) is 22.6 Å². The highest BCUT2D eigenvalue weighted by molar-refractivity contribution is 5.88. The molecule has 0 saturated carbocycles. The van der Waals surface area contributed by atoms with Crippen molar-refractivity contribution in [3.8, 4) is 0 Å². The number of hydrogen-bond donors (Lipinski definition) is 3. The summed E-state index contributed by atoms with van der Waals surface area (Å²) in [6.45, 7) is 2.87. The molecule has 0 radical (unpaired) electrons. The Balaban J connectivity index is 1.65. The van der Waals surface area contributed by atoms with Crippen LogP contribution in [-0.4, -0.2) is 29.6 Å². The molecule has 0 saturated heterocycles. The number of alkyl carbamates (subject to hydrolysis) is 1. The van der Waals surface area contributed by atoms with Gasteiger partial charge >= 0.3 is 6.09 Å². The molecule has 6 nitrogen and oxygen atoms in total. The predicted molar refractivity (Wildman–Crippen MR) is 118 cm³/mol. The molecular formula is C24H29N3O3. The molecule has 2 aromatic carbocycles. The molecule has 0 spiro atoms. The lowest BCUT2D eigenvalue weighted by molar-refractivity contribution is -0.123. The number of hydrogen-bond acceptors (Lipinski definition) is 3. The van der Waals surface area contributed by atoms with Gasteiger partial charge in [0, 0.05) is 30.1 Å². The lowest BCUT2D eigenvalue weighted by atomic mass is 10.0. The number of benzene rings is 2. The van der Waals surface area contributed by atoms with Crippen LogP contribution in [0.4, 0.5) is 4.79 Å². The Kier molecular flexibility index (Phi) is 7.89. The van der Waals surface area contributed by atoms with Gasteiger partial charge in [0.1, 0.15) is 12.6 Å². The molecule has 3 aromatic rings. The van der Waals surface area contributed by atoms with Gasteiger partial charge in [-0.2, -0.15) is 0 Å². The van der Waals surface area contributed by atoms with E-state index < -0.39 is 12.1 Å². The number of fused-ring (bicyclic) bond motifs is 1. The number of aromatic nitrogens is 1. The quantitative estimate of drug-likeness (QED) is 0.438. The second kappa shape index (κ2) is 11.0. The highest BCUT2D eigenvalue weighted by Gasteiger charge is 2.23. The minimum Gasteiger partial charge on any atom is -0.445 e. The normalized spacial score (nSPS) is 11.8. The van der Waals surface area contributed by atoms with Crippen LogP contribution in [0.1, 0.15) is 37.3 Å². The Morgan fingerprint density at radius 2 is 1.80 bits per heavy atom. The van der Waals surface area contributed by atoms with Crippen LogP contribution >= 0.6 is 0 Å². The first-order valence-electron chi connectivity index (χ1n) is 10.5. The zero-order valence-corrected chi connectivity index (χ0v) is 17.3. The predicted octanol–water partition coefficient (Wildman–Crippen LogP) is 4.31. The standard InChI is InChI=1S/C24H29N3O3/c1-2-3-9-14-25-23(28)22(15-19-16-26-21-13-8-7-12-20(19)21)27-24(29)30-17-18-10-5-4-6-11-18/h4-8,10-13,16,22,26H,2-3,9,14-15,17H2,1H3,(H,25,28)(H,27,29)/t22-/m0/s1. The van der Waals surface area contributed by atoms with Gasteiger partial charge in [0.2, 0.25) is 5.91 Å². The van der Waals surface area contributed by atoms with E-state index in [-0.39, 0.29) is 12.5 Å². The molecule has 1 aromatic heterocycles. The molecule has 0 aliphatic carbocycles. The van der Waals surface area contributed by atoms with Gasteiger partial charge in [-0.25, -0.2) is 4.79 Å². The number of rotatable bonds is 10. The zero-order valence-electron chi connectivity index (χ0n) is 17.3. The number of aromatic amines is 1. The van der Waals surface area contributed by atoms with Crippen molar-refractivity contribution in [3.05, 3.63) is 71.9 Å². The number of carbonyl (C=O) groups is 2. The lowest BCUT2D eigenvalue weighted by Gasteiger charge is -2.18. The molecule has 0 fully saturated rings. The van der Waals surface area contributed by atoms with Crippen molar-refractivity contribution in [2.75, 3.05) is 6.54 Å². The molecule has 0 aliphatic rings. The van der Waals surface area contributed by atoms with Gasteiger partial charge in [-0.05, 0) is 23.6 Å². The van der Waals surface area contributed by atoms with E-state index in [1.807, 2.05) is 60.8 Å². The molecule has 6 heteroatoms. The third-order valence-electron chi connectivity index (χ3n) is 5.00. The van der Waals surface area contributed by atoms with Crippen LogP contribution in [0.3, 0.4) is 0 Å². The topological polar surface area (TPSA) is 83.2 Å². The maximum Gasteiger partial charge on any atom is 0.408 e. The fourth-order valence-electron chi connectivity index (χ4n) is 3.35. The number of nitrogens with one attached hydrogen (secondary N) is 3. The Morgan fingerprint density at radius 1 is 1.03 bits per heavy atom. The van der Waals surface area contributed by atoms with Crippen molar-refractivity contribution in [1.29, 1.82) is 0 Å². The zero-order chi connectivity index (χ0) is 21.2. The number of para-hydroxylation sites is 1. The summed E-state index contributed by atoms with van der Waals surface area (Å²) in [4.78, 5) is 28.4. The summed E-state index contributed by atoms with van der Waals surface area (Å²) in [5, 5.41) is 6.72. The molecule has 30 heavy (non-hydrogen) atoms. The van der Waals surface area contributed by atoms with Crippen LogP contribution in [0.25, 0.3) is 10.9 Å². The van der Waals surface area contributed by atoms with Gasteiger partial charge in [0.05, 0.1) is 0 Å². The van der Waals surface area contributed by atoms with Crippen molar-refractivity contribution in [2.45, 2.75) is 45.3 Å². The molecule has 2 amide bonds. The molecule has 0 aliphatic heterocycles. The Hall–Kier alpha value is -3.28. The third-order valence-corrected chi connectivity index (χ3v) is 5.00. The second-order valence-corrected chi connectivity index (χ2v) is 7.32. The summed E-state index contributed by atoms with van der Waals surface area (Å²) in [6, 6.07) is 16.7. The van der Waals surface area contributed by atoms with Crippen LogP contribution in [0.5, 0.6) is 0 Å². The van der Waals surface area contributed by atoms with Gasteiger partial charge in [-0.3, -0.25) is 4.79 Å². The smallest absolute Gasteiger partial charge is 0.408 e. The van der Waals surface area contributed by atoms with E-state index in [1.54, 1.807) is 0 Å². The van der Waals surface area contributed by atoms with Gasteiger partial charge in [-0.1, -0.05) is 68.3 Å². The van der Waals surface area contributed by atoms with Crippen molar-refractivity contribution >= 4 is 22.9 Å². The molecule has 158 valence electrons. The summed E-state index contributed by atoms with van der Waals surface area (Å²) in [6.07, 6.45) is 4.72. The number of carbonyl (C=O) groups excluding carboxylic acids is 2. The molecule has 1 heterocycles.